The van der Waals surface area contributed by atoms with E-state index in [0.29, 0.717) is 18.3 Å². The Hall–Kier alpha value is -2.47. The first-order chi connectivity index (χ1) is 11.7. The Kier molecular flexibility index (Phi) is 3.90. The van der Waals surface area contributed by atoms with Gasteiger partial charge in [0.2, 0.25) is 11.8 Å². The number of aryl methyl sites for hydroxylation is 2. The van der Waals surface area contributed by atoms with Crippen LogP contribution in [0, 0.1) is 6.92 Å². The van der Waals surface area contributed by atoms with Crippen molar-refractivity contribution < 1.29 is 8.94 Å². The molecule has 0 spiro atoms. The Morgan fingerprint density at radius 1 is 1.21 bits per heavy atom. The highest BCUT2D eigenvalue weighted by Gasteiger charge is 2.31. The van der Waals surface area contributed by atoms with Gasteiger partial charge in [0.15, 0.2) is 5.76 Å². The van der Waals surface area contributed by atoms with E-state index in [0.717, 1.165) is 30.8 Å². The molecule has 4 rings (SSSR count). The largest absolute Gasteiger partial charge is 0.424 e. The van der Waals surface area contributed by atoms with E-state index in [1.165, 1.54) is 11.1 Å². The smallest absolute Gasteiger partial charge is 0.233 e. The molecular formula is C18H20N4O2. The molecule has 6 nitrogen and oxygen atoms in total. The molecule has 3 aromatic rings. The van der Waals surface area contributed by atoms with Crippen molar-refractivity contribution in [1.29, 1.82) is 0 Å². The van der Waals surface area contributed by atoms with Gasteiger partial charge in [-0.1, -0.05) is 36.3 Å². The lowest BCUT2D eigenvalue weighted by Crippen LogP contribution is -2.34. The second-order valence-electron chi connectivity index (χ2n) is 6.22. The zero-order valence-electron chi connectivity index (χ0n) is 13.9. The van der Waals surface area contributed by atoms with Crippen LogP contribution in [0.25, 0.3) is 0 Å². The summed E-state index contributed by atoms with van der Waals surface area (Å²) in [6.07, 6.45) is 1.60. The van der Waals surface area contributed by atoms with Gasteiger partial charge >= 0.3 is 0 Å². The molecule has 0 fully saturated rings. The molecule has 0 bridgehead atoms. The van der Waals surface area contributed by atoms with Crippen LogP contribution in [-0.2, 0) is 25.9 Å². The Labute approximate surface area is 140 Å². The summed E-state index contributed by atoms with van der Waals surface area (Å²) in [5, 5.41) is 12.4. The predicted octanol–water partition coefficient (Wildman–Crippen LogP) is 3.23. The third kappa shape index (κ3) is 2.85. The van der Waals surface area contributed by atoms with E-state index in [4.69, 9.17) is 8.94 Å². The van der Waals surface area contributed by atoms with E-state index in [2.05, 4.69) is 44.5 Å². The van der Waals surface area contributed by atoms with Crippen LogP contribution in [-0.4, -0.2) is 20.3 Å². The fourth-order valence-corrected chi connectivity index (χ4v) is 3.22. The molecule has 1 aliphatic heterocycles. The quantitative estimate of drug-likeness (QED) is 0.734. The topological polar surface area (TPSA) is 68.2 Å². The van der Waals surface area contributed by atoms with Crippen molar-refractivity contribution in [2.45, 2.75) is 45.8 Å². The molecular weight excluding hydrogens is 304 g/mol. The normalized spacial score (nSPS) is 17.8. The SMILES string of the molecule is CCc1nnc(C2Cc3ccccc3CN2Cc2cc(C)no2)o1. The van der Waals surface area contributed by atoms with Crippen molar-refractivity contribution in [3.8, 4) is 0 Å². The maximum absolute atomic E-state index is 5.85. The molecule has 124 valence electrons. The van der Waals surface area contributed by atoms with Gasteiger partial charge in [-0.15, -0.1) is 10.2 Å². The molecule has 6 heteroatoms. The third-order valence-electron chi connectivity index (χ3n) is 4.45. The van der Waals surface area contributed by atoms with Crippen LogP contribution >= 0.6 is 0 Å². The zero-order valence-corrected chi connectivity index (χ0v) is 13.9. The minimum absolute atomic E-state index is 0.0538. The number of fused-ring (bicyclic) bond motifs is 1. The fourth-order valence-electron chi connectivity index (χ4n) is 3.22. The van der Waals surface area contributed by atoms with Gasteiger partial charge in [-0.25, -0.2) is 0 Å². The minimum atomic E-state index is 0.0538. The summed E-state index contributed by atoms with van der Waals surface area (Å²) in [7, 11) is 0. The van der Waals surface area contributed by atoms with Gasteiger partial charge in [-0.3, -0.25) is 4.90 Å². The first-order valence-electron chi connectivity index (χ1n) is 8.28. The van der Waals surface area contributed by atoms with Crippen LogP contribution in [0.3, 0.4) is 0 Å². The summed E-state index contributed by atoms with van der Waals surface area (Å²) >= 11 is 0. The van der Waals surface area contributed by atoms with Crippen molar-refractivity contribution in [2.24, 2.45) is 0 Å². The highest BCUT2D eigenvalue weighted by Crippen LogP contribution is 2.33. The van der Waals surface area contributed by atoms with Gasteiger partial charge in [0.05, 0.1) is 18.3 Å². The summed E-state index contributed by atoms with van der Waals surface area (Å²) in [6, 6.07) is 10.5. The standard InChI is InChI=1S/C18H20N4O2/c1-3-17-19-20-18(23-17)16-9-13-6-4-5-7-14(13)10-22(16)11-15-8-12(2)21-24-15/h4-8,16H,3,9-11H2,1-2H3. The van der Waals surface area contributed by atoms with E-state index in [9.17, 15) is 0 Å². The van der Waals surface area contributed by atoms with Crippen molar-refractivity contribution in [1.82, 2.24) is 20.3 Å². The van der Waals surface area contributed by atoms with E-state index in [1.807, 2.05) is 19.9 Å². The molecule has 0 radical (unpaired) electrons. The van der Waals surface area contributed by atoms with E-state index in [-0.39, 0.29) is 6.04 Å². The third-order valence-corrected chi connectivity index (χ3v) is 4.45. The number of hydrogen-bond acceptors (Lipinski definition) is 6. The van der Waals surface area contributed by atoms with Crippen LogP contribution < -0.4 is 0 Å². The summed E-state index contributed by atoms with van der Waals surface area (Å²) in [5.74, 6) is 2.21. The van der Waals surface area contributed by atoms with Crippen molar-refractivity contribution >= 4 is 0 Å². The van der Waals surface area contributed by atoms with Gasteiger partial charge in [0, 0.05) is 19.0 Å². The highest BCUT2D eigenvalue weighted by molar-refractivity contribution is 5.31. The summed E-state index contributed by atoms with van der Waals surface area (Å²) < 4.78 is 11.3. The first-order valence-corrected chi connectivity index (χ1v) is 8.28. The first kappa shape index (κ1) is 15.1. The van der Waals surface area contributed by atoms with Gasteiger partial charge in [-0.05, 0) is 24.5 Å². The van der Waals surface area contributed by atoms with Crippen molar-refractivity contribution in [3.05, 3.63) is 64.7 Å². The number of nitrogens with zero attached hydrogens (tertiary/aromatic N) is 4. The summed E-state index contributed by atoms with van der Waals surface area (Å²) in [5.41, 5.74) is 3.56. The lowest BCUT2D eigenvalue weighted by molar-refractivity contribution is 0.123. The lowest BCUT2D eigenvalue weighted by Gasteiger charge is -2.34. The number of aromatic nitrogens is 3. The highest BCUT2D eigenvalue weighted by atomic mass is 16.5. The molecule has 1 aliphatic rings. The number of rotatable bonds is 4. The van der Waals surface area contributed by atoms with Gasteiger partial charge in [0.1, 0.15) is 0 Å². The van der Waals surface area contributed by atoms with Crippen molar-refractivity contribution in [2.75, 3.05) is 0 Å². The van der Waals surface area contributed by atoms with Crippen LogP contribution in [0.5, 0.6) is 0 Å². The number of benzene rings is 1. The van der Waals surface area contributed by atoms with Crippen LogP contribution in [0.4, 0.5) is 0 Å². The summed E-state index contributed by atoms with van der Waals surface area (Å²) in [6.45, 7) is 5.44. The predicted molar refractivity (Wildman–Crippen MR) is 87.1 cm³/mol. The van der Waals surface area contributed by atoms with Crippen LogP contribution in [0.1, 0.15) is 47.3 Å². The summed E-state index contributed by atoms with van der Waals surface area (Å²) in [4.78, 5) is 2.31. The Balaban J connectivity index is 1.67. The zero-order chi connectivity index (χ0) is 16.5. The Morgan fingerprint density at radius 3 is 2.75 bits per heavy atom. The van der Waals surface area contributed by atoms with Gasteiger partial charge < -0.3 is 8.94 Å². The molecule has 0 amide bonds. The van der Waals surface area contributed by atoms with Crippen LogP contribution in [0.15, 0.2) is 39.3 Å². The fraction of sp³-hybridized carbons (Fsp3) is 0.389. The van der Waals surface area contributed by atoms with E-state index >= 15 is 0 Å². The molecule has 0 saturated heterocycles. The van der Waals surface area contributed by atoms with Gasteiger partial charge in [0.25, 0.3) is 0 Å². The monoisotopic (exact) mass is 324 g/mol. The maximum Gasteiger partial charge on any atom is 0.233 e. The lowest BCUT2D eigenvalue weighted by atomic mass is 9.94. The Morgan fingerprint density at radius 2 is 2.04 bits per heavy atom. The minimum Gasteiger partial charge on any atom is -0.424 e. The average molecular weight is 324 g/mol. The molecule has 1 aromatic carbocycles. The molecule has 0 aliphatic carbocycles. The average Bonchev–Trinajstić information content (AvgIpc) is 3.23. The second kappa shape index (κ2) is 6.20. The van der Waals surface area contributed by atoms with Gasteiger partial charge in [-0.2, -0.15) is 0 Å². The molecule has 3 heterocycles. The maximum atomic E-state index is 5.85. The van der Waals surface area contributed by atoms with Crippen LogP contribution in [0.2, 0.25) is 0 Å². The molecule has 24 heavy (non-hydrogen) atoms. The molecule has 1 unspecified atom stereocenters. The molecule has 0 saturated carbocycles. The van der Waals surface area contributed by atoms with E-state index < -0.39 is 0 Å². The molecule has 2 aromatic heterocycles. The number of hydrogen-bond donors (Lipinski definition) is 0. The van der Waals surface area contributed by atoms with E-state index in [1.54, 1.807) is 0 Å². The molecule has 1 atom stereocenters. The van der Waals surface area contributed by atoms with Crippen molar-refractivity contribution in [3.63, 3.8) is 0 Å². The Bertz CT molecular complexity index is 839. The second-order valence-corrected chi connectivity index (χ2v) is 6.22. The molecule has 0 N–H and O–H groups in total.